The number of carbonyl (C=O) groups is 2. The lowest BCUT2D eigenvalue weighted by Gasteiger charge is -2.16. The molecule has 0 aromatic heterocycles. The predicted octanol–water partition coefficient (Wildman–Crippen LogP) is 4.64. The number of hydrogen-bond acceptors (Lipinski definition) is 3. The van der Waals surface area contributed by atoms with Crippen molar-refractivity contribution in [1.82, 2.24) is 5.32 Å². The van der Waals surface area contributed by atoms with Crippen LogP contribution in [0.25, 0.3) is 0 Å². The van der Waals surface area contributed by atoms with Crippen molar-refractivity contribution in [3.05, 3.63) is 89.0 Å². The van der Waals surface area contributed by atoms with E-state index in [2.05, 4.69) is 16.0 Å². The number of anilines is 3. The highest BCUT2D eigenvalue weighted by Gasteiger charge is 2.25. The van der Waals surface area contributed by atoms with E-state index in [4.69, 9.17) is 5.73 Å². The molecule has 0 bridgehead atoms. The summed E-state index contributed by atoms with van der Waals surface area (Å²) in [7, 11) is 0. The Balaban J connectivity index is 1.43. The smallest absolute Gasteiger partial charge is 0.319 e. The van der Waals surface area contributed by atoms with Crippen LogP contribution < -0.4 is 21.7 Å². The first-order chi connectivity index (χ1) is 14.5. The number of nitrogens with two attached hydrogens (primary N) is 1. The Hall–Kier alpha value is -3.80. The SMILES string of the molecule is Cc1ccccc1NC(=O)NC1CCc2cc(C(=O)Nc3ccccc3N)ccc21. The number of fused-ring (bicyclic) bond motifs is 1. The fourth-order valence-electron chi connectivity index (χ4n) is 3.74. The molecule has 1 atom stereocenters. The van der Waals surface area contributed by atoms with Gasteiger partial charge in [0.2, 0.25) is 0 Å². The molecular formula is C24H24N4O2. The van der Waals surface area contributed by atoms with Crippen LogP contribution in [0.15, 0.2) is 66.7 Å². The number of carbonyl (C=O) groups excluding carboxylic acids is 2. The molecule has 3 aromatic rings. The summed E-state index contributed by atoms with van der Waals surface area (Å²) in [4.78, 5) is 25.1. The Morgan fingerprint density at radius 3 is 2.43 bits per heavy atom. The maximum Gasteiger partial charge on any atom is 0.319 e. The van der Waals surface area contributed by atoms with Crippen LogP contribution in [0.1, 0.15) is 39.5 Å². The normalized spacial score (nSPS) is 14.6. The third-order valence-corrected chi connectivity index (χ3v) is 5.39. The number of aryl methyl sites for hydroxylation is 2. The minimum atomic E-state index is -0.233. The van der Waals surface area contributed by atoms with E-state index in [0.717, 1.165) is 35.2 Å². The molecule has 0 heterocycles. The molecule has 6 nitrogen and oxygen atoms in total. The van der Waals surface area contributed by atoms with Crippen molar-refractivity contribution >= 4 is 29.0 Å². The second-order valence-electron chi connectivity index (χ2n) is 7.46. The second kappa shape index (κ2) is 8.29. The van der Waals surface area contributed by atoms with E-state index in [0.29, 0.717) is 16.9 Å². The quantitative estimate of drug-likeness (QED) is 0.481. The number of benzene rings is 3. The summed E-state index contributed by atoms with van der Waals surface area (Å²) >= 11 is 0. The number of para-hydroxylation sites is 3. The van der Waals surface area contributed by atoms with Crippen molar-refractivity contribution in [3.63, 3.8) is 0 Å². The van der Waals surface area contributed by atoms with Gasteiger partial charge in [-0.05, 0) is 66.8 Å². The summed E-state index contributed by atoms with van der Waals surface area (Å²) in [5.41, 5.74) is 11.5. The third-order valence-electron chi connectivity index (χ3n) is 5.39. The van der Waals surface area contributed by atoms with Crippen LogP contribution in [0.3, 0.4) is 0 Å². The maximum atomic E-state index is 12.6. The van der Waals surface area contributed by atoms with Crippen LogP contribution in [0.2, 0.25) is 0 Å². The average molecular weight is 400 g/mol. The van der Waals surface area contributed by atoms with E-state index in [9.17, 15) is 9.59 Å². The molecule has 0 saturated heterocycles. The standard InChI is InChI=1S/C24H24N4O2/c1-15-6-2-4-8-20(15)27-24(30)28-21-13-11-16-14-17(10-12-18(16)21)23(29)26-22-9-5-3-7-19(22)25/h2-10,12,14,21H,11,13,25H2,1H3,(H,26,29)(H2,27,28,30). The van der Waals surface area contributed by atoms with E-state index in [1.165, 1.54) is 0 Å². The molecule has 1 aliphatic carbocycles. The van der Waals surface area contributed by atoms with E-state index >= 15 is 0 Å². The van der Waals surface area contributed by atoms with Crippen molar-refractivity contribution in [1.29, 1.82) is 0 Å². The Kier molecular flexibility index (Phi) is 5.39. The summed E-state index contributed by atoms with van der Waals surface area (Å²) in [5, 5.41) is 8.79. The molecular weight excluding hydrogens is 376 g/mol. The largest absolute Gasteiger partial charge is 0.397 e. The predicted molar refractivity (Wildman–Crippen MR) is 120 cm³/mol. The zero-order chi connectivity index (χ0) is 21.1. The molecule has 0 saturated carbocycles. The zero-order valence-corrected chi connectivity index (χ0v) is 16.7. The first-order valence-electron chi connectivity index (χ1n) is 9.93. The minimum absolute atomic E-state index is 0.0779. The van der Waals surface area contributed by atoms with Gasteiger partial charge in [0.05, 0.1) is 17.4 Å². The Labute approximate surface area is 175 Å². The number of nitrogen functional groups attached to an aromatic ring is 1. The van der Waals surface area contributed by atoms with Gasteiger partial charge in [-0.2, -0.15) is 0 Å². The molecule has 4 rings (SSSR count). The summed E-state index contributed by atoms with van der Waals surface area (Å²) in [6, 6.07) is 20.1. The fraction of sp³-hybridized carbons (Fsp3) is 0.167. The van der Waals surface area contributed by atoms with Gasteiger partial charge in [-0.1, -0.05) is 36.4 Å². The molecule has 5 N–H and O–H groups in total. The highest BCUT2D eigenvalue weighted by Crippen LogP contribution is 2.32. The Bertz CT molecular complexity index is 1110. The van der Waals surface area contributed by atoms with Gasteiger partial charge < -0.3 is 21.7 Å². The van der Waals surface area contributed by atoms with Gasteiger partial charge in [-0.15, -0.1) is 0 Å². The van der Waals surface area contributed by atoms with Gasteiger partial charge >= 0.3 is 6.03 Å². The van der Waals surface area contributed by atoms with Crippen LogP contribution >= 0.6 is 0 Å². The minimum Gasteiger partial charge on any atom is -0.397 e. The molecule has 0 radical (unpaired) electrons. The van der Waals surface area contributed by atoms with Crippen molar-refractivity contribution in [2.45, 2.75) is 25.8 Å². The van der Waals surface area contributed by atoms with E-state index in [1.807, 2.05) is 55.5 Å². The molecule has 0 spiro atoms. The van der Waals surface area contributed by atoms with Crippen molar-refractivity contribution in [3.8, 4) is 0 Å². The Morgan fingerprint density at radius 2 is 1.67 bits per heavy atom. The molecule has 3 amide bonds. The van der Waals surface area contributed by atoms with Crippen LogP contribution in [-0.4, -0.2) is 11.9 Å². The first-order valence-corrected chi connectivity index (χ1v) is 9.93. The molecule has 30 heavy (non-hydrogen) atoms. The molecule has 6 heteroatoms. The third kappa shape index (κ3) is 4.12. The van der Waals surface area contributed by atoms with Crippen molar-refractivity contribution < 1.29 is 9.59 Å². The second-order valence-corrected chi connectivity index (χ2v) is 7.46. The van der Waals surface area contributed by atoms with Gasteiger partial charge in [0.15, 0.2) is 0 Å². The van der Waals surface area contributed by atoms with E-state index < -0.39 is 0 Å². The van der Waals surface area contributed by atoms with Gasteiger partial charge in [-0.25, -0.2) is 4.79 Å². The highest BCUT2D eigenvalue weighted by molar-refractivity contribution is 6.06. The van der Waals surface area contributed by atoms with Crippen LogP contribution in [0.5, 0.6) is 0 Å². The van der Waals surface area contributed by atoms with Gasteiger partial charge in [-0.3, -0.25) is 4.79 Å². The highest BCUT2D eigenvalue weighted by atomic mass is 16.2. The number of amides is 3. The number of rotatable bonds is 4. The zero-order valence-electron chi connectivity index (χ0n) is 16.7. The summed E-state index contributed by atoms with van der Waals surface area (Å²) in [6.07, 6.45) is 1.60. The lowest BCUT2D eigenvalue weighted by molar-refractivity contribution is 0.102. The van der Waals surface area contributed by atoms with Crippen LogP contribution in [-0.2, 0) is 6.42 Å². The van der Waals surface area contributed by atoms with E-state index in [-0.39, 0.29) is 18.0 Å². The molecule has 0 fully saturated rings. The summed E-state index contributed by atoms with van der Waals surface area (Å²) in [6.45, 7) is 1.95. The van der Waals surface area contributed by atoms with Crippen molar-refractivity contribution in [2.24, 2.45) is 0 Å². The maximum absolute atomic E-state index is 12.6. The first kappa shape index (κ1) is 19.5. The lowest BCUT2D eigenvalue weighted by atomic mass is 10.0. The molecule has 1 aliphatic rings. The topological polar surface area (TPSA) is 96.2 Å². The summed E-state index contributed by atoms with van der Waals surface area (Å²) < 4.78 is 0. The van der Waals surface area contributed by atoms with Crippen LogP contribution in [0, 0.1) is 6.92 Å². The monoisotopic (exact) mass is 400 g/mol. The number of hydrogen-bond donors (Lipinski definition) is 4. The molecule has 0 aliphatic heterocycles. The van der Waals surface area contributed by atoms with Gasteiger partial charge in [0.25, 0.3) is 5.91 Å². The van der Waals surface area contributed by atoms with Gasteiger partial charge in [0.1, 0.15) is 0 Å². The number of nitrogens with one attached hydrogen (secondary N) is 3. The average Bonchev–Trinajstić information content (AvgIpc) is 3.13. The molecule has 1 unspecified atom stereocenters. The van der Waals surface area contributed by atoms with E-state index in [1.54, 1.807) is 18.2 Å². The number of urea groups is 1. The molecule has 3 aromatic carbocycles. The summed E-state index contributed by atoms with van der Waals surface area (Å²) in [5.74, 6) is -0.204. The fourth-order valence-corrected chi connectivity index (χ4v) is 3.74. The van der Waals surface area contributed by atoms with Crippen LogP contribution in [0.4, 0.5) is 21.9 Å². The molecule has 152 valence electrons. The van der Waals surface area contributed by atoms with Crippen molar-refractivity contribution in [2.75, 3.05) is 16.4 Å². The Morgan fingerprint density at radius 1 is 0.933 bits per heavy atom. The lowest BCUT2D eigenvalue weighted by Crippen LogP contribution is -2.31. The van der Waals surface area contributed by atoms with Gasteiger partial charge in [0, 0.05) is 11.3 Å².